The normalized spacial score (nSPS) is 19.0. The highest BCUT2D eigenvalue weighted by Crippen LogP contribution is 2.29. The number of carbonyl (C=O) groups is 1. The van der Waals surface area contributed by atoms with Gasteiger partial charge in [-0.25, -0.2) is 9.78 Å². The van der Waals surface area contributed by atoms with Crippen molar-refractivity contribution in [2.24, 2.45) is 0 Å². The second-order valence-electron chi connectivity index (χ2n) is 5.47. The van der Waals surface area contributed by atoms with Crippen LogP contribution in [-0.4, -0.2) is 33.2 Å². The molecule has 0 saturated heterocycles. The van der Waals surface area contributed by atoms with Crippen LogP contribution in [0.5, 0.6) is 0 Å². The molecule has 0 saturated carbocycles. The predicted octanol–water partition coefficient (Wildman–Crippen LogP) is 2.00. The van der Waals surface area contributed by atoms with E-state index in [-0.39, 0.29) is 6.54 Å². The summed E-state index contributed by atoms with van der Waals surface area (Å²) >= 11 is 0. The third-order valence-corrected chi connectivity index (χ3v) is 2.84. The molecule has 1 amide bonds. The Morgan fingerprint density at radius 3 is 2.89 bits per heavy atom. The fourth-order valence-electron chi connectivity index (χ4n) is 2.00. The molecule has 104 valence electrons. The van der Waals surface area contributed by atoms with Crippen molar-refractivity contribution in [3.8, 4) is 0 Å². The van der Waals surface area contributed by atoms with E-state index in [1.807, 2.05) is 0 Å². The molecule has 19 heavy (non-hydrogen) atoms. The van der Waals surface area contributed by atoms with Crippen LogP contribution in [0.1, 0.15) is 38.1 Å². The number of nitrogens with zero attached hydrogens (tertiary/aromatic N) is 2. The smallest absolute Gasteiger partial charge is 0.412 e. The van der Waals surface area contributed by atoms with Crippen molar-refractivity contribution >= 4 is 6.09 Å². The number of rotatable bonds is 0. The zero-order valence-corrected chi connectivity index (χ0v) is 11.2. The Hall–Kier alpha value is -1.69. The summed E-state index contributed by atoms with van der Waals surface area (Å²) in [5, 5.41) is 10.1. The molecular formula is C13H17FN2O3. The number of fused-ring (bicyclic) bond motifs is 1. The van der Waals surface area contributed by atoms with Gasteiger partial charge in [0.2, 0.25) is 5.95 Å². The summed E-state index contributed by atoms with van der Waals surface area (Å²) in [6, 6.07) is 1.51. The molecule has 0 aromatic carbocycles. The number of aromatic nitrogens is 1. The SMILES string of the molecule is CC(C)(C)OC(=O)N1CCc2c(ccnc2F)C1O. The summed E-state index contributed by atoms with van der Waals surface area (Å²) < 4.78 is 18.7. The van der Waals surface area contributed by atoms with E-state index in [0.717, 1.165) is 0 Å². The maximum Gasteiger partial charge on any atom is 0.412 e. The maximum atomic E-state index is 13.5. The molecule has 1 aliphatic rings. The van der Waals surface area contributed by atoms with Crippen molar-refractivity contribution in [1.82, 2.24) is 9.88 Å². The Balaban J connectivity index is 2.22. The predicted molar refractivity (Wildman–Crippen MR) is 65.8 cm³/mol. The summed E-state index contributed by atoms with van der Waals surface area (Å²) in [4.78, 5) is 16.7. The molecule has 0 spiro atoms. The lowest BCUT2D eigenvalue weighted by Crippen LogP contribution is -2.43. The van der Waals surface area contributed by atoms with Crippen LogP contribution in [0, 0.1) is 5.95 Å². The third-order valence-electron chi connectivity index (χ3n) is 2.84. The van der Waals surface area contributed by atoms with Gasteiger partial charge in [0.15, 0.2) is 6.23 Å². The summed E-state index contributed by atoms with van der Waals surface area (Å²) in [7, 11) is 0. The number of carbonyl (C=O) groups excluding carboxylic acids is 1. The van der Waals surface area contributed by atoms with E-state index in [9.17, 15) is 14.3 Å². The molecule has 0 radical (unpaired) electrons. The van der Waals surface area contributed by atoms with Gasteiger partial charge in [0.1, 0.15) is 5.60 Å². The molecule has 2 rings (SSSR count). The van der Waals surface area contributed by atoms with Crippen LogP contribution in [0.3, 0.4) is 0 Å². The largest absolute Gasteiger partial charge is 0.444 e. The number of ether oxygens (including phenoxy) is 1. The molecule has 6 heteroatoms. The van der Waals surface area contributed by atoms with Gasteiger partial charge in [0, 0.05) is 23.9 Å². The fourth-order valence-corrected chi connectivity index (χ4v) is 2.00. The first-order chi connectivity index (χ1) is 8.79. The highest BCUT2D eigenvalue weighted by Gasteiger charge is 2.33. The summed E-state index contributed by atoms with van der Waals surface area (Å²) in [5.41, 5.74) is 0.0834. The van der Waals surface area contributed by atoms with Crippen LogP contribution in [0.2, 0.25) is 0 Å². The van der Waals surface area contributed by atoms with E-state index < -0.39 is 23.9 Å². The highest BCUT2D eigenvalue weighted by atomic mass is 19.1. The monoisotopic (exact) mass is 268 g/mol. The average molecular weight is 268 g/mol. The Morgan fingerprint density at radius 2 is 2.26 bits per heavy atom. The zero-order chi connectivity index (χ0) is 14.2. The van der Waals surface area contributed by atoms with Gasteiger partial charge in [-0.2, -0.15) is 4.39 Å². The number of halogens is 1. The first-order valence-corrected chi connectivity index (χ1v) is 6.10. The average Bonchev–Trinajstić information content (AvgIpc) is 2.28. The van der Waals surface area contributed by atoms with E-state index in [2.05, 4.69) is 4.98 Å². The second-order valence-corrected chi connectivity index (χ2v) is 5.47. The minimum atomic E-state index is -1.20. The molecule has 1 aromatic heterocycles. The van der Waals surface area contributed by atoms with Crippen molar-refractivity contribution in [2.45, 2.75) is 39.0 Å². The van der Waals surface area contributed by atoms with Crippen LogP contribution in [-0.2, 0) is 11.2 Å². The quantitative estimate of drug-likeness (QED) is 0.731. The fraction of sp³-hybridized carbons (Fsp3) is 0.538. The Kier molecular flexibility index (Phi) is 3.45. The van der Waals surface area contributed by atoms with Crippen LogP contribution in [0.15, 0.2) is 12.3 Å². The van der Waals surface area contributed by atoms with Gasteiger partial charge in [-0.15, -0.1) is 0 Å². The van der Waals surface area contributed by atoms with Gasteiger partial charge in [0.25, 0.3) is 0 Å². The number of hydrogen-bond donors (Lipinski definition) is 1. The molecule has 2 heterocycles. The van der Waals surface area contributed by atoms with Crippen LogP contribution in [0.25, 0.3) is 0 Å². The minimum absolute atomic E-state index is 0.200. The van der Waals surface area contributed by atoms with E-state index in [0.29, 0.717) is 17.5 Å². The number of aliphatic hydroxyl groups is 1. The minimum Gasteiger partial charge on any atom is -0.444 e. The summed E-state index contributed by atoms with van der Waals surface area (Å²) in [6.45, 7) is 5.45. The molecule has 1 atom stereocenters. The van der Waals surface area contributed by atoms with Crippen molar-refractivity contribution in [3.05, 3.63) is 29.3 Å². The molecule has 1 aromatic rings. The molecule has 1 N–H and O–H groups in total. The van der Waals surface area contributed by atoms with Crippen molar-refractivity contribution < 1.29 is 19.0 Å². The van der Waals surface area contributed by atoms with Crippen LogP contribution < -0.4 is 0 Å². The number of pyridine rings is 1. The van der Waals surface area contributed by atoms with E-state index in [4.69, 9.17) is 4.74 Å². The maximum absolute atomic E-state index is 13.5. The lowest BCUT2D eigenvalue weighted by molar-refractivity contribution is -0.0363. The summed E-state index contributed by atoms with van der Waals surface area (Å²) in [5.74, 6) is -0.597. The van der Waals surface area contributed by atoms with Gasteiger partial charge < -0.3 is 9.84 Å². The molecule has 5 nitrogen and oxygen atoms in total. The van der Waals surface area contributed by atoms with Crippen LogP contribution in [0.4, 0.5) is 9.18 Å². The first-order valence-electron chi connectivity index (χ1n) is 6.10. The summed E-state index contributed by atoms with van der Waals surface area (Å²) in [6.07, 6.45) is -0.222. The highest BCUT2D eigenvalue weighted by molar-refractivity contribution is 5.69. The molecule has 1 unspecified atom stereocenters. The lowest BCUT2D eigenvalue weighted by atomic mass is 10.0. The second kappa shape index (κ2) is 4.77. The number of amides is 1. The Labute approximate surface area is 111 Å². The van der Waals surface area contributed by atoms with Gasteiger partial charge in [-0.05, 0) is 33.3 Å². The van der Waals surface area contributed by atoms with Gasteiger partial charge in [-0.1, -0.05) is 0 Å². The lowest BCUT2D eigenvalue weighted by Gasteiger charge is -2.34. The van der Waals surface area contributed by atoms with Gasteiger partial charge in [-0.3, -0.25) is 4.90 Å². The molecule has 0 fully saturated rings. The van der Waals surface area contributed by atoms with E-state index >= 15 is 0 Å². The van der Waals surface area contributed by atoms with Gasteiger partial charge in [0.05, 0.1) is 0 Å². The number of hydrogen-bond acceptors (Lipinski definition) is 4. The van der Waals surface area contributed by atoms with Gasteiger partial charge >= 0.3 is 6.09 Å². The van der Waals surface area contributed by atoms with Crippen molar-refractivity contribution in [3.63, 3.8) is 0 Å². The van der Waals surface area contributed by atoms with Crippen molar-refractivity contribution in [2.75, 3.05) is 6.54 Å². The third kappa shape index (κ3) is 2.84. The molecule has 1 aliphatic heterocycles. The van der Waals surface area contributed by atoms with Crippen LogP contribution >= 0.6 is 0 Å². The topological polar surface area (TPSA) is 62.7 Å². The van der Waals surface area contributed by atoms with E-state index in [1.54, 1.807) is 20.8 Å². The molecule has 0 aliphatic carbocycles. The van der Waals surface area contributed by atoms with Crippen molar-refractivity contribution in [1.29, 1.82) is 0 Å². The Bertz CT molecular complexity index is 499. The Morgan fingerprint density at radius 1 is 1.58 bits per heavy atom. The molecule has 0 bridgehead atoms. The zero-order valence-electron chi connectivity index (χ0n) is 11.2. The number of aliphatic hydroxyl groups excluding tert-OH is 1. The van der Waals surface area contributed by atoms with E-state index in [1.165, 1.54) is 17.2 Å². The standard InChI is InChI=1S/C13H17FN2O3/c1-13(2,3)19-12(18)16-7-5-8-9(11(16)17)4-6-15-10(8)14/h4,6,11,17H,5,7H2,1-3H3. The first kappa shape index (κ1) is 13.7. The molecular weight excluding hydrogens is 251 g/mol.